The molecule has 0 saturated heterocycles. The molecule has 2 amide bonds. The topological polar surface area (TPSA) is 62.3 Å². The minimum absolute atomic E-state index is 0.158. The van der Waals surface area contributed by atoms with Gasteiger partial charge in [-0.3, -0.25) is 14.6 Å². The molecule has 1 fully saturated rings. The molecule has 0 bridgehead atoms. The summed E-state index contributed by atoms with van der Waals surface area (Å²) in [6.45, 7) is 0.235. The summed E-state index contributed by atoms with van der Waals surface area (Å²) in [5.74, 6) is -0.266. The van der Waals surface area contributed by atoms with Crippen molar-refractivity contribution < 1.29 is 22.8 Å². The molecule has 5 rings (SSSR count). The maximum absolute atomic E-state index is 13.5. The van der Waals surface area contributed by atoms with E-state index in [1.54, 1.807) is 18.3 Å². The van der Waals surface area contributed by atoms with Crippen LogP contribution in [0.15, 0.2) is 60.8 Å². The summed E-state index contributed by atoms with van der Waals surface area (Å²) in [6.07, 6.45) is 3.39. The van der Waals surface area contributed by atoms with Crippen LogP contribution in [0.4, 0.5) is 24.5 Å². The van der Waals surface area contributed by atoms with Crippen molar-refractivity contribution >= 4 is 39.7 Å². The molecule has 0 atom stereocenters. The number of anilines is 2. The molecule has 0 spiro atoms. The second-order valence-electron chi connectivity index (χ2n) is 9.45. The molecule has 2 aromatic carbocycles. The third kappa shape index (κ3) is 5.12. The molecule has 3 aromatic rings. The number of benzene rings is 2. The van der Waals surface area contributed by atoms with Crippen molar-refractivity contribution in [2.24, 2.45) is 5.92 Å². The van der Waals surface area contributed by atoms with E-state index in [2.05, 4.69) is 10.3 Å². The van der Waals surface area contributed by atoms with Gasteiger partial charge in [0, 0.05) is 41.9 Å². The van der Waals surface area contributed by atoms with Gasteiger partial charge in [0.05, 0.1) is 16.8 Å². The minimum atomic E-state index is -4.53. The SMILES string of the molecule is O=C(/C=C1\CCN(C(=O)CC2CCCC2)c2cc(C(F)(F)F)ccc21)Nc1ccc2cccnc2c1. The lowest BCUT2D eigenvalue weighted by Gasteiger charge is -2.32. The Kier molecular flexibility index (Phi) is 6.51. The number of amides is 2. The Morgan fingerprint density at radius 1 is 1.08 bits per heavy atom. The third-order valence-corrected chi connectivity index (χ3v) is 6.98. The summed E-state index contributed by atoms with van der Waals surface area (Å²) in [5, 5.41) is 3.76. The smallest absolute Gasteiger partial charge is 0.322 e. The summed E-state index contributed by atoms with van der Waals surface area (Å²) in [6, 6.07) is 12.5. The number of aromatic nitrogens is 1. The quantitative estimate of drug-likeness (QED) is 0.417. The normalized spacial score (nSPS) is 17.4. The van der Waals surface area contributed by atoms with Crippen LogP contribution in [-0.2, 0) is 15.8 Å². The van der Waals surface area contributed by atoms with Gasteiger partial charge in [0.15, 0.2) is 0 Å². The van der Waals surface area contributed by atoms with Crippen LogP contribution in [0.3, 0.4) is 0 Å². The van der Waals surface area contributed by atoms with Crippen molar-refractivity contribution in [3.63, 3.8) is 0 Å². The van der Waals surface area contributed by atoms with Gasteiger partial charge in [-0.05, 0) is 61.1 Å². The van der Waals surface area contributed by atoms with Crippen LogP contribution in [-0.4, -0.2) is 23.3 Å². The van der Waals surface area contributed by atoms with Crippen LogP contribution in [0.1, 0.15) is 49.7 Å². The number of carbonyl (C=O) groups is 2. The molecule has 5 nitrogen and oxygen atoms in total. The monoisotopic (exact) mass is 493 g/mol. The van der Waals surface area contributed by atoms with Gasteiger partial charge < -0.3 is 10.2 Å². The summed E-state index contributed by atoms with van der Waals surface area (Å²) in [4.78, 5) is 31.7. The van der Waals surface area contributed by atoms with Crippen LogP contribution in [0.5, 0.6) is 0 Å². The lowest BCUT2D eigenvalue weighted by atomic mass is 9.92. The zero-order valence-corrected chi connectivity index (χ0v) is 19.6. The number of carbonyl (C=O) groups excluding carboxylic acids is 2. The molecular weight excluding hydrogens is 467 g/mol. The van der Waals surface area contributed by atoms with Gasteiger partial charge in [-0.2, -0.15) is 13.2 Å². The lowest BCUT2D eigenvalue weighted by Crippen LogP contribution is -2.36. The Balaban J connectivity index is 1.42. The fourth-order valence-corrected chi connectivity index (χ4v) is 5.15. The Morgan fingerprint density at radius 3 is 2.67 bits per heavy atom. The zero-order valence-electron chi connectivity index (χ0n) is 19.6. The van der Waals surface area contributed by atoms with E-state index in [1.165, 1.54) is 17.0 Å². The molecule has 36 heavy (non-hydrogen) atoms. The maximum Gasteiger partial charge on any atom is 0.416 e. The number of fused-ring (bicyclic) bond motifs is 2. The molecule has 1 aliphatic carbocycles. The average molecular weight is 494 g/mol. The summed E-state index contributed by atoms with van der Waals surface area (Å²) < 4.78 is 40.5. The number of hydrogen-bond acceptors (Lipinski definition) is 3. The van der Waals surface area contributed by atoms with Crippen molar-refractivity contribution in [1.82, 2.24) is 4.98 Å². The summed E-state index contributed by atoms with van der Waals surface area (Å²) in [7, 11) is 0. The van der Waals surface area contributed by atoms with Gasteiger partial charge in [-0.15, -0.1) is 0 Å². The molecule has 1 saturated carbocycles. The van der Waals surface area contributed by atoms with E-state index < -0.39 is 17.6 Å². The van der Waals surface area contributed by atoms with Gasteiger partial charge in [0.2, 0.25) is 11.8 Å². The molecule has 2 heterocycles. The van der Waals surface area contributed by atoms with Crippen LogP contribution < -0.4 is 10.2 Å². The highest BCUT2D eigenvalue weighted by molar-refractivity contribution is 6.07. The number of nitrogens with one attached hydrogen (secondary N) is 1. The standard InChI is InChI=1S/C28H26F3N3O2/c29-28(30,31)21-8-10-23-20(11-13-34(25(23)16-21)27(36)14-18-4-1-2-5-18)15-26(35)33-22-9-7-19-6-3-12-32-24(19)17-22/h3,6-10,12,15-18H,1-2,4-5,11,13-14H2,(H,33,35)/b20-15+. The molecule has 2 aliphatic rings. The van der Waals surface area contributed by atoms with Crippen molar-refractivity contribution in [3.05, 3.63) is 71.9 Å². The van der Waals surface area contributed by atoms with Crippen LogP contribution in [0.2, 0.25) is 0 Å². The van der Waals surface area contributed by atoms with Gasteiger partial charge in [0.25, 0.3) is 0 Å². The molecule has 1 N–H and O–H groups in total. The predicted octanol–water partition coefficient (Wildman–Crippen LogP) is 6.59. The van der Waals surface area contributed by atoms with Crippen LogP contribution >= 0.6 is 0 Å². The second kappa shape index (κ2) is 9.76. The number of rotatable bonds is 4. The largest absolute Gasteiger partial charge is 0.416 e. The van der Waals surface area contributed by atoms with Crippen LogP contribution in [0, 0.1) is 5.92 Å². The first-order valence-corrected chi connectivity index (χ1v) is 12.2. The van der Waals surface area contributed by atoms with Crippen LogP contribution in [0.25, 0.3) is 16.5 Å². The molecule has 1 aliphatic heterocycles. The van der Waals surface area contributed by atoms with E-state index in [-0.39, 0.29) is 24.1 Å². The fraction of sp³-hybridized carbons (Fsp3) is 0.321. The summed E-state index contributed by atoms with van der Waals surface area (Å²) in [5.41, 5.74) is 1.79. The highest BCUT2D eigenvalue weighted by Gasteiger charge is 2.34. The first kappa shape index (κ1) is 24.0. The van der Waals surface area contributed by atoms with Crippen molar-refractivity contribution in [1.29, 1.82) is 0 Å². The number of halogens is 3. The van der Waals surface area contributed by atoms with Gasteiger partial charge in [-0.25, -0.2) is 0 Å². The summed E-state index contributed by atoms with van der Waals surface area (Å²) >= 11 is 0. The van der Waals surface area contributed by atoms with Crippen molar-refractivity contribution in [3.8, 4) is 0 Å². The number of nitrogens with zero attached hydrogens (tertiary/aromatic N) is 2. The molecule has 0 radical (unpaired) electrons. The van der Waals surface area contributed by atoms with Gasteiger partial charge in [0.1, 0.15) is 0 Å². The van der Waals surface area contributed by atoms with Gasteiger partial charge >= 0.3 is 6.18 Å². The minimum Gasteiger partial charge on any atom is -0.322 e. The van der Waals surface area contributed by atoms with E-state index in [4.69, 9.17) is 0 Å². The highest BCUT2D eigenvalue weighted by Crippen LogP contribution is 2.40. The number of alkyl halides is 3. The average Bonchev–Trinajstić information content (AvgIpc) is 3.36. The maximum atomic E-state index is 13.5. The van der Waals surface area contributed by atoms with E-state index in [0.717, 1.165) is 48.7 Å². The van der Waals surface area contributed by atoms with E-state index >= 15 is 0 Å². The van der Waals surface area contributed by atoms with E-state index in [9.17, 15) is 22.8 Å². The number of hydrogen-bond donors (Lipinski definition) is 1. The first-order chi connectivity index (χ1) is 17.3. The van der Waals surface area contributed by atoms with E-state index in [1.807, 2.05) is 18.2 Å². The number of pyridine rings is 1. The molecule has 8 heteroatoms. The zero-order chi connectivity index (χ0) is 25.3. The lowest BCUT2D eigenvalue weighted by molar-refractivity contribution is -0.137. The molecule has 186 valence electrons. The Morgan fingerprint density at radius 2 is 1.89 bits per heavy atom. The first-order valence-electron chi connectivity index (χ1n) is 12.2. The van der Waals surface area contributed by atoms with Gasteiger partial charge in [-0.1, -0.05) is 31.0 Å². The fourth-order valence-electron chi connectivity index (χ4n) is 5.15. The third-order valence-electron chi connectivity index (χ3n) is 6.98. The predicted molar refractivity (Wildman–Crippen MR) is 133 cm³/mol. The Hall–Kier alpha value is -3.68. The molecular formula is C28H26F3N3O2. The Labute approximate surface area is 207 Å². The molecule has 0 unspecified atom stereocenters. The highest BCUT2D eigenvalue weighted by atomic mass is 19.4. The molecule has 1 aromatic heterocycles. The van der Waals surface area contributed by atoms with Crippen molar-refractivity contribution in [2.45, 2.75) is 44.7 Å². The Bertz CT molecular complexity index is 1340. The second-order valence-corrected chi connectivity index (χ2v) is 9.45. The van der Waals surface area contributed by atoms with E-state index in [0.29, 0.717) is 29.7 Å². The van der Waals surface area contributed by atoms with Crippen molar-refractivity contribution in [2.75, 3.05) is 16.8 Å².